The van der Waals surface area contributed by atoms with Crippen LogP contribution in [0.5, 0.6) is 0 Å². The number of aromatic nitrogens is 2. The van der Waals surface area contributed by atoms with Gasteiger partial charge in [0, 0.05) is 12.4 Å². The van der Waals surface area contributed by atoms with Crippen molar-refractivity contribution >= 4 is 17.4 Å². The van der Waals surface area contributed by atoms with E-state index in [0.29, 0.717) is 5.16 Å². The molecule has 2 aromatic rings. The van der Waals surface area contributed by atoms with Gasteiger partial charge in [-0.25, -0.2) is 9.97 Å². The number of benzene rings is 1. The summed E-state index contributed by atoms with van der Waals surface area (Å²) >= 11 is 0.962. The molecule has 0 saturated carbocycles. The molecule has 0 amide bonds. The minimum Gasteiger partial charge on any atom is -0.258 e. The molecule has 0 unspecified atom stereocenters. The molecule has 0 fully saturated rings. The quantitative estimate of drug-likeness (QED) is 0.484. The lowest BCUT2D eigenvalue weighted by atomic mass is 10.3. The Morgan fingerprint density at radius 1 is 1.33 bits per heavy atom. The van der Waals surface area contributed by atoms with Crippen molar-refractivity contribution in [3.05, 3.63) is 52.1 Å². The third-order valence-corrected chi connectivity index (χ3v) is 3.03. The first kappa shape index (κ1) is 12.4. The molecule has 0 atom stereocenters. The van der Waals surface area contributed by atoms with Crippen LogP contribution < -0.4 is 0 Å². The van der Waals surface area contributed by atoms with Gasteiger partial charge in [0.05, 0.1) is 9.82 Å². The first-order chi connectivity index (χ1) is 8.58. The average Bonchev–Trinajstić information content (AvgIpc) is 2.32. The van der Waals surface area contributed by atoms with Crippen LogP contribution in [0.3, 0.4) is 0 Å². The van der Waals surface area contributed by atoms with Crippen LogP contribution in [0.4, 0.5) is 10.1 Å². The Kier molecular flexibility index (Phi) is 3.52. The van der Waals surface area contributed by atoms with Crippen LogP contribution >= 0.6 is 11.8 Å². The fraction of sp³-hybridized carbons (Fsp3) is 0.0909. The van der Waals surface area contributed by atoms with Crippen LogP contribution in [0.2, 0.25) is 0 Å². The molecule has 0 aliphatic carbocycles. The van der Waals surface area contributed by atoms with E-state index in [9.17, 15) is 14.5 Å². The van der Waals surface area contributed by atoms with Gasteiger partial charge in [0.15, 0.2) is 5.16 Å². The molecule has 0 spiro atoms. The van der Waals surface area contributed by atoms with Crippen molar-refractivity contribution in [3.63, 3.8) is 0 Å². The van der Waals surface area contributed by atoms with E-state index in [4.69, 9.17) is 0 Å². The molecule has 1 heterocycles. The zero-order valence-electron chi connectivity index (χ0n) is 9.33. The minimum atomic E-state index is -0.864. The summed E-state index contributed by atoms with van der Waals surface area (Å²) < 4.78 is 13.4. The molecule has 0 bridgehead atoms. The number of aryl methyl sites for hydroxylation is 1. The second kappa shape index (κ2) is 5.09. The van der Waals surface area contributed by atoms with Crippen molar-refractivity contribution in [2.45, 2.75) is 17.0 Å². The molecule has 18 heavy (non-hydrogen) atoms. The van der Waals surface area contributed by atoms with Gasteiger partial charge in [0.25, 0.3) is 0 Å². The van der Waals surface area contributed by atoms with Gasteiger partial charge in [-0.2, -0.15) is 4.39 Å². The highest BCUT2D eigenvalue weighted by molar-refractivity contribution is 7.99. The van der Waals surface area contributed by atoms with E-state index in [0.717, 1.165) is 23.4 Å². The van der Waals surface area contributed by atoms with E-state index in [1.165, 1.54) is 12.1 Å². The van der Waals surface area contributed by atoms with Gasteiger partial charge in [-0.1, -0.05) is 6.07 Å². The van der Waals surface area contributed by atoms with E-state index in [1.807, 2.05) is 6.92 Å². The van der Waals surface area contributed by atoms with E-state index in [1.54, 1.807) is 12.4 Å². The number of nitro benzene ring substituents is 1. The normalized spacial score (nSPS) is 10.3. The molecule has 2 rings (SSSR count). The Hall–Kier alpha value is -2.02. The van der Waals surface area contributed by atoms with Crippen molar-refractivity contribution in [2.24, 2.45) is 0 Å². The minimum absolute atomic E-state index is 0.184. The fourth-order valence-electron chi connectivity index (χ4n) is 1.29. The first-order valence-electron chi connectivity index (χ1n) is 4.97. The second-order valence-electron chi connectivity index (χ2n) is 3.49. The second-order valence-corrected chi connectivity index (χ2v) is 4.50. The van der Waals surface area contributed by atoms with Gasteiger partial charge >= 0.3 is 5.69 Å². The van der Waals surface area contributed by atoms with Crippen LogP contribution in [-0.2, 0) is 0 Å². The summed E-state index contributed by atoms with van der Waals surface area (Å²) in [6, 6.07) is 3.94. The molecular formula is C11H8FN3O2S. The van der Waals surface area contributed by atoms with Crippen molar-refractivity contribution < 1.29 is 9.31 Å². The Morgan fingerprint density at radius 2 is 2.00 bits per heavy atom. The third kappa shape index (κ3) is 2.62. The predicted octanol–water partition coefficient (Wildman–Crippen LogP) is 2.98. The highest BCUT2D eigenvalue weighted by atomic mass is 32.2. The van der Waals surface area contributed by atoms with E-state index in [-0.39, 0.29) is 4.90 Å². The van der Waals surface area contributed by atoms with Crippen LogP contribution in [0.25, 0.3) is 0 Å². The predicted molar refractivity (Wildman–Crippen MR) is 63.9 cm³/mol. The maximum absolute atomic E-state index is 13.4. The molecule has 0 radical (unpaired) electrons. The maximum Gasteiger partial charge on any atom is 0.318 e. The molecular weight excluding hydrogens is 257 g/mol. The smallest absolute Gasteiger partial charge is 0.258 e. The number of hydrogen-bond acceptors (Lipinski definition) is 5. The average molecular weight is 265 g/mol. The summed E-state index contributed by atoms with van der Waals surface area (Å²) in [6.45, 7) is 1.83. The summed E-state index contributed by atoms with van der Waals surface area (Å²) in [7, 11) is 0. The topological polar surface area (TPSA) is 68.9 Å². The Balaban J connectivity index is 2.37. The van der Waals surface area contributed by atoms with Crippen LogP contribution in [0.15, 0.2) is 40.6 Å². The van der Waals surface area contributed by atoms with Gasteiger partial charge in [0.1, 0.15) is 0 Å². The molecule has 0 N–H and O–H groups in total. The third-order valence-electron chi connectivity index (χ3n) is 2.09. The van der Waals surface area contributed by atoms with E-state index >= 15 is 0 Å². The zero-order valence-corrected chi connectivity index (χ0v) is 10.1. The summed E-state index contributed by atoms with van der Waals surface area (Å²) in [6.07, 6.45) is 3.20. The number of nitro groups is 1. The first-order valence-corrected chi connectivity index (χ1v) is 5.79. The summed E-state index contributed by atoms with van der Waals surface area (Å²) in [5.74, 6) is -0.864. The maximum atomic E-state index is 13.4. The van der Waals surface area contributed by atoms with Gasteiger partial charge in [-0.05, 0) is 36.4 Å². The van der Waals surface area contributed by atoms with Crippen molar-refractivity contribution in [1.29, 1.82) is 0 Å². The lowest BCUT2D eigenvalue weighted by Crippen LogP contribution is -1.95. The summed E-state index contributed by atoms with van der Waals surface area (Å²) in [5, 5.41) is 11.1. The summed E-state index contributed by atoms with van der Waals surface area (Å²) in [4.78, 5) is 18.3. The molecule has 0 aliphatic heterocycles. The van der Waals surface area contributed by atoms with Crippen LogP contribution in [-0.4, -0.2) is 14.9 Å². The van der Waals surface area contributed by atoms with E-state index in [2.05, 4.69) is 9.97 Å². The van der Waals surface area contributed by atoms with Gasteiger partial charge in [-0.3, -0.25) is 10.1 Å². The highest BCUT2D eigenvalue weighted by Crippen LogP contribution is 2.34. The molecule has 7 heteroatoms. The zero-order chi connectivity index (χ0) is 13.1. The highest BCUT2D eigenvalue weighted by Gasteiger charge is 2.21. The lowest BCUT2D eigenvalue weighted by molar-refractivity contribution is -0.390. The number of hydrogen-bond donors (Lipinski definition) is 0. The summed E-state index contributed by atoms with van der Waals surface area (Å²) in [5.41, 5.74) is 0.333. The molecule has 0 aliphatic rings. The van der Waals surface area contributed by atoms with Gasteiger partial charge in [-0.15, -0.1) is 0 Å². The van der Waals surface area contributed by atoms with Crippen molar-refractivity contribution in [2.75, 3.05) is 0 Å². The molecule has 1 aromatic carbocycles. The molecule has 0 saturated heterocycles. The number of para-hydroxylation sites is 1. The van der Waals surface area contributed by atoms with Gasteiger partial charge < -0.3 is 0 Å². The number of nitrogens with zero attached hydrogens (tertiary/aromatic N) is 3. The monoisotopic (exact) mass is 265 g/mol. The fourth-order valence-corrected chi connectivity index (χ4v) is 2.11. The lowest BCUT2D eigenvalue weighted by Gasteiger charge is -2.02. The molecule has 1 aromatic heterocycles. The Labute approximate surface area is 106 Å². The largest absolute Gasteiger partial charge is 0.318 e. The van der Waals surface area contributed by atoms with Crippen LogP contribution in [0.1, 0.15) is 5.56 Å². The van der Waals surface area contributed by atoms with Crippen molar-refractivity contribution in [1.82, 2.24) is 9.97 Å². The Morgan fingerprint density at radius 3 is 2.61 bits per heavy atom. The molecule has 92 valence electrons. The van der Waals surface area contributed by atoms with Crippen LogP contribution in [0, 0.1) is 22.9 Å². The van der Waals surface area contributed by atoms with Crippen molar-refractivity contribution in [3.8, 4) is 0 Å². The number of halogens is 1. The van der Waals surface area contributed by atoms with E-state index < -0.39 is 16.4 Å². The van der Waals surface area contributed by atoms with Gasteiger partial charge in [0.2, 0.25) is 5.82 Å². The molecule has 5 nitrogen and oxygen atoms in total. The SMILES string of the molecule is Cc1cnc(Sc2cccc(F)c2[N+](=O)[O-])nc1. The standard InChI is InChI=1S/C11H8FN3O2S/c1-7-5-13-11(14-6-7)18-9-4-2-3-8(12)10(9)15(16)17/h2-6H,1H3. The number of rotatable bonds is 3. The Bertz CT molecular complexity index is 589.